The zero-order valence-corrected chi connectivity index (χ0v) is 43.5. The summed E-state index contributed by atoms with van der Waals surface area (Å²) in [4.78, 5) is 95.0. The molecule has 4 aliphatic rings. The number of rotatable bonds is 19. The van der Waals surface area contributed by atoms with Gasteiger partial charge < -0.3 is 36.4 Å². The third-order valence-electron chi connectivity index (χ3n) is 15.4. The fourth-order valence-electron chi connectivity index (χ4n) is 10.9. The highest BCUT2D eigenvalue weighted by Gasteiger charge is 2.35. The summed E-state index contributed by atoms with van der Waals surface area (Å²) < 4.78 is 39.4. The van der Waals surface area contributed by atoms with Gasteiger partial charge in [-0.05, 0) is 132 Å². The van der Waals surface area contributed by atoms with E-state index >= 15 is 0 Å². The number of carbonyl (C=O) groups excluding carboxylic acids is 6. The Kier molecular flexibility index (Phi) is 17.7. The first kappa shape index (κ1) is 55.0. The van der Waals surface area contributed by atoms with Gasteiger partial charge in [0.25, 0.3) is 11.8 Å². The van der Waals surface area contributed by atoms with Crippen LogP contribution in [0.15, 0.2) is 73.2 Å². The first-order valence-electron chi connectivity index (χ1n) is 27.1. The van der Waals surface area contributed by atoms with Crippen LogP contribution in [0.4, 0.5) is 30.5 Å². The number of nitrogen functional groups attached to an aromatic ring is 1. The third kappa shape index (κ3) is 13.9. The summed E-state index contributed by atoms with van der Waals surface area (Å²) >= 11 is 0. The minimum absolute atomic E-state index is 0.0732. The topological polar surface area (TPSA) is 254 Å². The summed E-state index contributed by atoms with van der Waals surface area (Å²) in [5.74, 6) is -0.745. The number of nitrogens with zero attached hydrogens (tertiary/aromatic N) is 7. The van der Waals surface area contributed by atoms with Crippen LogP contribution in [-0.2, 0) is 25.4 Å². The largest absolute Gasteiger partial charge is 0.416 e. The monoisotopic (exact) mass is 1070 g/mol. The van der Waals surface area contributed by atoms with Crippen LogP contribution < -0.4 is 31.9 Å². The van der Waals surface area contributed by atoms with E-state index in [0.717, 1.165) is 127 Å². The Morgan fingerprint density at radius 1 is 0.833 bits per heavy atom. The van der Waals surface area contributed by atoms with Gasteiger partial charge in [-0.3, -0.25) is 39.2 Å². The van der Waals surface area contributed by atoms with Gasteiger partial charge in [0, 0.05) is 74.6 Å². The summed E-state index contributed by atoms with van der Waals surface area (Å²) in [5, 5.41) is 18.6. The van der Waals surface area contributed by atoms with Crippen molar-refractivity contribution in [1.82, 2.24) is 50.9 Å². The van der Waals surface area contributed by atoms with Crippen molar-refractivity contribution in [2.75, 3.05) is 61.8 Å². The molecule has 1 aromatic carbocycles. The number of carbonyl (C=O) groups is 6. The molecule has 412 valence electrons. The summed E-state index contributed by atoms with van der Waals surface area (Å²) in [5.41, 5.74) is 9.46. The van der Waals surface area contributed by atoms with Crippen molar-refractivity contribution in [3.63, 3.8) is 0 Å². The van der Waals surface area contributed by atoms with Crippen molar-refractivity contribution in [2.45, 2.75) is 108 Å². The number of anilines is 3. The van der Waals surface area contributed by atoms with Crippen molar-refractivity contribution in [3.8, 4) is 11.3 Å². The first-order chi connectivity index (χ1) is 37.7. The first-order valence-corrected chi connectivity index (χ1v) is 27.1. The van der Waals surface area contributed by atoms with E-state index in [0.29, 0.717) is 59.9 Å². The predicted molar refractivity (Wildman–Crippen MR) is 287 cm³/mol. The highest BCUT2D eigenvalue weighted by Crippen LogP contribution is 2.34. The van der Waals surface area contributed by atoms with Gasteiger partial charge in [-0.25, -0.2) is 15.0 Å². The van der Waals surface area contributed by atoms with Gasteiger partial charge in [0.15, 0.2) is 0 Å². The van der Waals surface area contributed by atoms with Crippen LogP contribution in [0.1, 0.15) is 122 Å². The normalized spacial score (nSPS) is 18.9. The molecule has 0 saturated carbocycles. The van der Waals surface area contributed by atoms with Crippen LogP contribution in [0.5, 0.6) is 0 Å². The fraction of sp³-hybridized carbons (Fsp3) is 0.464. The maximum absolute atomic E-state index is 13.5. The molecule has 78 heavy (non-hydrogen) atoms. The molecule has 7 N–H and O–H groups in total. The van der Waals surface area contributed by atoms with Crippen molar-refractivity contribution in [3.05, 3.63) is 95.6 Å². The Morgan fingerprint density at radius 3 is 2.36 bits per heavy atom. The Hall–Kier alpha value is -7.75. The van der Waals surface area contributed by atoms with Crippen LogP contribution in [0.25, 0.3) is 28.2 Å². The Labute approximate surface area is 449 Å². The molecule has 4 aromatic heterocycles. The van der Waals surface area contributed by atoms with Gasteiger partial charge >= 0.3 is 6.18 Å². The van der Waals surface area contributed by atoms with Gasteiger partial charge in [-0.15, -0.1) is 0 Å². The number of pyridine rings is 3. The summed E-state index contributed by atoms with van der Waals surface area (Å²) in [6.45, 7) is 6.08. The highest BCUT2D eigenvalue weighted by atomic mass is 19.4. The van der Waals surface area contributed by atoms with Gasteiger partial charge in [-0.1, -0.05) is 30.7 Å². The molecule has 5 aromatic rings. The van der Waals surface area contributed by atoms with Crippen LogP contribution in [-0.4, -0.2) is 128 Å². The molecule has 4 saturated heterocycles. The van der Waals surface area contributed by atoms with Crippen LogP contribution in [0.2, 0.25) is 0 Å². The van der Waals surface area contributed by atoms with E-state index in [1.54, 1.807) is 47.6 Å². The van der Waals surface area contributed by atoms with Gasteiger partial charge in [-0.2, -0.15) is 18.3 Å². The second-order valence-electron chi connectivity index (χ2n) is 20.8. The Balaban J connectivity index is 0.635. The average Bonchev–Trinajstić information content (AvgIpc) is 4.17. The minimum atomic E-state index is -4.57. The van der Waals surface area contributed by atoms with Crippen LogP contribution >= 0.6 is 0 Å². The number of aromatic amines is 1. The molecule has 0 spiro atoms. The average molecular weight is 1070 g/mol. The number of piperidine rings is 3. The molecule has 22 heteroatoms. The molecule has 2 atom stereocenters. The number of likely N-dealkylation sites (tertiary alicyclic amines) is 2. The van der Waals surface area contributed by atoms with Crippen molar-refractivity contribution in [2.24, 2.45) is 11.8 Å². The SMILES string of the molecule is Nc1ncc(/C=C/CCCCCNC(=O)C2CCCN2C(=O)CCC2CCN(CC3CCN(c4ccc(C(=O)NC5CCC(=O)NC5=O)nc4)CC3)CC2)c2n[nH]c(-c3ccc(C(=O)Nc4cc(C(F)(F)F)ccn4)cc3)c12. The van der Waals surface area contributed by atoms with Crippen LogP contribution in [0, 0.1) is 11.8 Å². The lowest BCUT2D eigenvalue weighted by Gasteiger charge is -2.38. The van der Waals surface area contributed by atoms with Crippen molar-refractivity contribution >= 4 is 69.7 Å². The second-order valence-corrected chi connectivity index (χ2v) is 20.8. The van der Waals surface area contributed by atoms with Gasteiger partial charge in [0.1, 0.15) is 34.9 Å². The highest BCUT2D eigenvalue weighted by molar-refractivity contribution is 6.06. The fourth-order valence-corrected chi connectivity index (χ4v) is 10.9. The molecule has 9 rings (SSSR count). The Morgan fingerprint density at radius 2 is 1.62 bits per heavy atom. The van der Waals surface area contributed by atoms with Gasteiger partial charge in [0.05, 0.1) is 28.5 Å². The second kappa shape index (κ2) is 25.2. The number of nitrogens with one attached hydrogen (secondary N) is 5. The molecule has 4 aliphatic heterocycles. The lowest BCUT2D eigenvalue weighted by Crippen LogP contribution is -2.52. The van der Waals surface area contributed by atoms with Crippen LogP contribution in [0.3, 0.4) is 0 Å². The van der Waals surface area contributed by atoms with E-state index in [4.69, 9.17) is 5.73 Å². The quantitative estimate of drug-likeness (QED) is 0.0364. The Bertz CT molecular complexity index is 2990. The molecule has 8 heterocycles. The number of nitrogens with two attached hydrogens (primary N) is 1. The number of hydrogen-bond acceptors (Lipinski definition) is 13. The zero-order valence-electron chi connectivity index (χ0n) is 43.5. The maximum Gasteiger partial charge on any atom is 0.416 e. The number of allylic oxidation sites excluding steroid dienone is 1. The standard InChI is InChI=1S/C56H66F3N13O6/c57-56(58,59)40-19-25-61-45(31-40)66-52(75)38-12-10-37(11-13-38)49-48-50(69-68-49)39(32-64-51(48)60)7-4-2-1-3-5-24-62-55(78)44-8-6-26-72(44)47(74)18-9-35-20-27-70(28-21-35)34-36-22-29-71(30-23-36)41-14-15-42(63-33-41)53(76)65-43-16-17-46(73)67-54(43)77/h4,7,10-15,19,25,31-33,35-36,43-44H,1-3,5-6,8-9,16-18,20-24,26-30,34H2,(H2,60,64)(H,62,78)(H,65,76)(H,68,69)(H,61,66,75)(H,67,73,77)/b7-4+. The number of amides is 6. The maximum atomic E-state index is 13.5. The molecule has 4 fully saturated rings. The number of hydrogen-bond donors (Lipinski definition) is 6. The van der Waals surface area contributed by atoms with Crippen molar-refractivity contribution in [1.29, 1.82) is 0 Å². The molecule has 2 unspecified atom stereocenters. The summed E-state index contributed by atoms with van der Waals surface area (Å²) in [6.07, 6.45) is 14.7. The van der Waals surface area contributed by atoms with E-state index < -0.39 is 41.5 Å². The van der Waals surface area contributed by atoms with E-state index in [1.165, 1.54) is 0 Å². The number of benzene rings is 1. The van der Waals surface area contributed by atoms with E-state index in [1.807, 2.05) is 18.2 Å². The lowest BCUT2D eigenvalue weighted by atomic mass is 9.90. The van der Waals surface area contributed by atoms with E-state index in [9.17, 15) is 41.9 Å². The number of imide groups is 1. The molecule has 0 aliphatic carbocycles. The molecule has 19 nitrogen and oxygen atoms in total. The summed E-state index contributed by atoms with van der Waals surface area (Å²) in [6, 6.07) is 10.5. The van der Waals surface area contributed by atoms with E-state index in [2.05, 4.69) is 56.2 Å². The smallest absolute Gasteiger partial charge is 0.383 e. The summed E-state index contributed by atoms with van der Waals surface area (Å²) in [7, 11) is 0. The molecule has 0 radical (unpaired) electrons. The van der Waals surface area contributed by atoms with Gasteiger partial charge in [0.2, 0.25) is 23.6 Å². The molecule has 6 amide bonds. The number of alkyl halides is 3. The number of fused-ring (bicyclic) bond motifs is 1. The lowest BCUT2D eigenvalue weighted by molar-refractivity contribution is -0.138. The molecular weight excluding hydrogens is 1010 g/mol. The number of unbranched alkanes of at least 4 members (excludes halogenated alkanes) is 3. The predicted octanol–water partition coefficient (Wildman–Crippen LogP) is 6.89. The molecular formula is C56H66F3N13O6. The minimum Gasteiger partial charge on any atom is -0.383 e. The zero-order chi connectivity index (χ0) is 54.8. The number of halogens is 3. The van der Waals surface area contributed by atoms with E-state index in [-0.39, 0.29) is 53.5 Å². The van der Waals surface area contributed by atoms with Crippen molar-refractivity contribution < 1.29 is 41.9 Å². The third-order valence-corrected chi connectivity index (χ3v) is 15.4. The molecule has 0 bridgehead atoms. The number of H-pyrrole nitrogens is 1. The number of aromatic nitrogens is 5.